The molecule has 1 atom stereocenters. The van der Waals surface area contributed by atoms with Crippen molar-refractivity contribution in [2.24, 2.45) is 4.99 Å². The molecule has 1 aliphatic heterocycles. The molecule has 0 amide bonds. The highest BCUT2D eigenvalue weighted by Crippen LogP contribution is 2.26. The zero-order chi connectivity index (χ0) is 22.8. The van der Waals surface area contributed by atoms with E-state index in [9.17, 15) is 9.59 Å². The molecule has 0 saturated heterocycles. The molecule has 4 rings (SSSR count). The van der Waals surface area contributed by atoms with Crippen molar-refractivity contribution < 1.29 is 9.53 Å². The second kappa shape index (κ2) is 9.28. The third-order valence-corrected chi connectivity index (χ3v) is 6.53. The Balaban J connectivity index is 1.90. The smallest absolute Gasteiger partial charge is 0.338 e. The predicted molar refractivity (Wildman–Crippen MR) is 129 cm³/mol. The zero-order valence-electron chi connectivity index (χ0n) is 17.2. The van der Waals surface area contributed by atoms with Crippen molar-refractivity contribution in [2.45, 2.75) is 13.0 Å². The van der Waals surface area contributed by atoms with Crippen LogP contribution in [0.3, 0.4) is 0 Å². The second-order valence-corrected chi connectivity index (χ2v) is 8.90. The number of allylic oxidation sites excluding steroid dienone is 2. The highest BCUT2D eigenvalue weighted by atomic mass is 35.5. The molecule has 0 N–H and O–H groups in total. The summed E-state index contributed by atoms with van der Waals surface area (Å²) in [6, 6.07) is 14.1. The molecule has 8 heteroatoms. The number of methoxy groups -OCH3 is 1. The number of benzene rings is 2. The van der Waals surface area contributed by atoms with E-state index < -0.39 is 12.0 Å². The molecule has 0 bridgehead atoms. The van der Waals surface area contributed by atoms with Crippen LogP contribution in [0.2, 0.25) is 10.0 Å². The second-order valence-electron chi connectivity index (χ2n) is 7.05. The molecule has 0 unspecified atom stereocenters. The van der Waals surface area contributed by atoms with Gasteiger partial charge in [-0.15, -0.1) is 0 Å². The van der Waals surface area contributed by atoms with Gasteiger partial charge in [-0.25, -0.2) is 9.79 Å². The van der Waals surface area contributed by atoms with Crippen LogP contribution < -0.4 is 14.9 Å². The third-order valence-electron chi connectivity index (χ3n) is 4.99. The molecule has 5 nitrogen and oxygen atoms in total. The predicted octanol–water partition coefficient (Wildman–Crippen LogP) is 4.38. The summed E-state index contributed by atoms with van der Waals surface area (Å²) in [5, 5.41) is 0.952. The first kappa shape index (κ1) is 22.3. The summed E-state index contributed by atoms with van der Waals surface area (Å²) in [6.07, 6.45) is 5.40. The number of nitrogens with zero attached hydrogens (tertiary/aromatic N) is 2. The summed E-state index contributed by atoms with van der Waals surface area (Å²) >= 11 is 13.5. The number of fused-ring (bicyclic) bond motifs is 1. The van der Waals surface area contributed by atoms with Crippen LogP contribution in [0, 0.1) is 0 Å². The molecular weight excluding hydrogens is 467 g/mol. The highest BCUT2D eigenvalue weighted by molar-refractivity contribution is 7.07. The van der Waals surface area contributed by atoms with E-state index in [1.165, 1.54) is 23.0 Å². The first-order valence-corrected chi connectivity index (χ1v) is 11.3. The third kappa shape index (κ3) is 4.35. The molecule has 1 aromatic heterocycles. The monoisotopic (exact) mass is 484 g/mol. The molecule has 0 radical (unpaired) electrons. The van der Waals surface area contributed by atoms with Crippen molar-refractivity contribution >= 4 is 52.7 Å². The number of carbonyl (C=O) groups is 1. The summed E-state index contributed by atoms with van der Waals surface area (Å²) in [4.78, 5) is 31.0. The van der Waals surface area contributed by atoms with E-state index in [4.69, 9.17) is 27.9 Å². The number of aromatic nitrogens is 1. The number of ether oxygens (including phenoxy) is 1. The quantitative estimate of drug-likeness (QED) is 0.516. The Morgan fingerprint density at radius 1 is 1.19 bits per heavy atom. The van der Waals surface area contributed by atoms with E-state index in [1.54, 1.807) is 31.2 Å². The van der Waals surface area contributed by atoms with Crippen LogP contribution >= 0.6 is 34.5 Å². The minimum atomic E-state index is -0.651. The molecule has 1 aliphatic rings. The van der Waals surface area contributed by atoms with Crippen LogP contribution in [0.4, 0.5) is 0 Å². The van der Waals surface area contributed by atoms with Gasteiger partial charge in [-0.3, -0.25) is 9.36 Å². The Morgan fingerprint density at radius 2 is 1.94 bits per heavy atom. The summed E-state index contributed by atoms with van der Waals surface area (Å²) in [5.74, 6) is -0.524. The largest absolute Gasteiger partial charge is 0.466 e. The van der Waals surface area contributed by atoms with E-state index in [2.05, 4.69) is 4.99 Å². The number of hydrogen-bond donors (Lipinski definition) is 0. The van der Waals surface area contributed by atoms with Crippen LogP contribution in [-0.2, 0) is 9.53 Å². The molecule has 2 aromatic carbocycles. The average Bonchev–Trinajstić information content (AvgIpc) is 3.08. The number of halogens is 2. The van der Waals surface area contributed by atoms with E-state index in [0.29, 0.717) is 36.2 Å². The van der Waals surface area contributed by atoms with E-state index in [0.717, 1.165) is 5.56 Å². The standard InChI is InChI=1S/C24H18Cl2N2O3S/c1-14-21(23(30)31-2)19(11-8-15-6-4-3-5-7-15)28-22(29)20(32-24(28)27-14)12-16-9-10-17(25)13-18(16)26/h3-13,19H,1-2H3/b11-8+,20-12?/t19-/m0/s1. The van der Waals surface area contributed by atoms with Crippen molar-refractivity contribution in [3.8, 4) is 0 Å². The van der Waals surface area contributed by atoms with E-state index >= 15 is 0 Å². The zero-order valence-corrected chi connectivity index (χ0v) is 19.5. The summed E-state index contributed by atoms with van der Waals surface area (Å²) < 4.78 is 6.95. The molecule has 3 aromatic rings. The summed E-state index contributed by atoms with van der Waals surface area (Å²) in [7, 11) is 1.31. The lowest BCUT2D eigenvalue weighted by Crippen LogP contribution is -2.38. The van der Waals surface area contributed by atoms with E-state index in [-0.39, 0.29) is 5.56 Å². The summed E-state index contributed by atoms with van der Waals surface area (Å²) in [5.41, 5.74) is 2.18. The van der Waals surface area contributed by atoms with Crippen molar-refractivity contribution in [2.75, 3.05) is 7.11 Å². The lowest BCUT2D eigenvalue weighted by molar-refractivity contribution is -0.136. The van der Waals surface area contributed by atoms with Gasteiger partial charge in [-0.05, 0) is 36.3 Å². The number of hydrogen-bond acceptors (Lipinski definition) is 5. The number of esters is 1. The Morgan fingerprint density at radius 3 is 2.62 bits per heavy atom. The van der Waals surface area contributed by atoms with Gasteiger partial charge < -0.3 is 4.74 Å². The fraction of sp³-hybridized carbons (Fsp3) is 0.125. The van der Waals surface area contributed by atoms with Crippen molar-refractivity contribution in [1.82, 2.24) is 4.57 Å². The van der Waals surface area contributed by atoms with Gasteiger partial charge in [-0.1, -0.05) is 83.1 Å². The lowest BCUT2D eigenvalue weighted by atomic mass is 10.0. The number of thiazole rings is 1. The maximum Gasteiger partial charge on any atom is 0.338 e. The SMILES string of the molecule is COC(=O)C1=C(C)N=c2sc(=Cc3ccc(Cl)cc3Cl)c(=O)n2[C@H]1/C=C/c1ccccc1. The van der Waals surface area contributed by atoms with Gasteiger partial charge in [0.25, 0.3) is 5.56 Å². The summed E-state index contributed by atoms with van der Waals surface area (Å²) in [6.45, 7) is 1.74. The van der Waals surface area contributed by atoms with Gasteiger partial charge in [0, 0.05) is 10.0 Å². The molecule has 0 aliphatic carbocycles. The first-order valence-electron chi connectivity index (χ1n) is 9.68. The molecular formula is C24H18Cl2N2O3S. The molecule has 0 spiro atoms. The Kier molecular flexibility index (Phi) is 6.46. The van der Waals surface area contributed by atoms with Gasteiger partial charge in [0.05, 0.1) is 29.0 Å². The van der Waals surface area contributed by atoms with Crippen LogP contribution in [0.1, 0.15) is 24.1 Å². The normalized spacial score (nSPS) is 16.2. The van der Waals surface area contributed by atoms with Gasteiger partial charge in [0.15, 0.2) is 4.80 Å². The molecule has 162 valence electrons. The highest BCUT2D eigenvalue weighted by Gasteiger charge is 2.30. The Hall–Kier alpha value is -2.93. The fourth-order valence-corrected chi connectivity index (χ4v) is 4.95. The molecule has 0 saturated carbocycles. The molecule has 0 fully saturated rings. The van der Waals surface area contributed by atoms with E-state index in [1.807, 2.05) is 42.5 Å². The lowest BCUT2D eigenvalue weighted by Gasteiger charge is -2.21. The van der Waals surface area contributed by atoms with Gasteiger partial charge in [0.2, 0.25) is 0 Å². The van der Waals surface area contributed by atoms with Crippen LogP contribution in [0.25, 0.3) is 12.2 Å². The van der Waals surface area contributed by atoms with Crippen LogP contribution in [0.5, 0.6) is 0 Å². The van der Waals surface area contributed by atoms with Crippen LogP contribution in [-0.4, -0.2) is 17.6 Å². The minimum absolute atomic E-state index is 0.267. The van der Waals surface area contributed by atoms with Gasteiger partial charge in [-0.2, -0.15) is 0 Å². The maximum atomic E-state index is 13.4. The van der Waals surface area contributed by atoms with Gasteiger partial charge >= 0.3 is 5.97 Å². The van der Waals surface area contributed by atoms with Crippen molar-refractivity contribution in [3.63, 3.8) is 0 Å². The maximum absolute atomic E-state index is 13.4. The first-order chi connectivity index (χ1) is 15.4. The average molecular weight is 485 g/mol. The Bertz CT molecular complexity index is 1440. The number of rotatable bonds is 4. The van der Waals surface area contributed by atoms with Crippen molar-refractivity contribution in [3.05, 3.63) is 107 Å². The fourth-order valence-electron chi connectivity index (χ4n) is 3.44. The van der Waals surface area contributed by atoms with Gasteiger partial charge in [0.1, 0.15) is 0 Å². The molecule has 32 heavy (non-hydrogen) atoms. The van der Waals surface area contributed by atoms with Crippen molar-refractivity contribution in [1.29, 1.82) is 0 Å². The van der Waals surface area contributed by atoms with Crippen LogP contribution in [0.15, 0.2) is 75.7 Å². The topological polar surface area (TPSA) is 60.7 Å². The Labute approximate surface area is 198 Å². The minimum Gasteiger partial charge on any atom is -0.466 e. The molecule has 2 heterocycles. The number of carbonyl (C=O) groups excluding carboxylic acids is 1.